The van der Waals surface area contributed by atoms with Gasteiger partial charge in [0.1, 0.15) is 12.4 Å². The minimum absolute atomic E-state index is 0.153. The van der Waals surface area contributed by atoms with Gasteiger partial charge in [-0.2, -0.15) is 0 Å². The number of amides is 1. The van der Waals surface area contributed by atoms with Gasteiger partial charge in [0, 0.05) is 11.6 Å². The van der Waals surface area contributed by atoms with E-state index in [0.29, 0.717) is 12.2 Å². The first-order valence-electron chi connectivity index (χ1n) is 5.74. The highest BCUT2D eigenvalue weighted by atomic mass is 127. The van der Waals surface area contributed by atoms with E-state index in [2.05, 4.69) is 62.6 Å². The Morgan fingerprint density at radius 3 is 2.47 bits per heavy atom. The Hall–Kier alpha value is -0.350. The maximum atomic E-state index is 11.9. The van der Waals surface area contributed by atoms with Crippen molar-refractivity contribution in [2.24, 2.45) is 0 Å². The van der Waals surface area contributed by atoms with Crippen LogP contribution in [0.5, 0.6) is 5.75 Å². The van der Waals surface area contributed by atoms with Gasteiger partial charge in [0.05, 0.1) is 7.14 Å². The molecule has 0 aliphatic heterocycles. The molecule has 0 bridgehead atoms. The SMILES string of the molecule is C=CCOc1c(I)cc(C(=O)NNC(C)C)cc1I. The number of ether oxygens (including phenoxy) is 1. The summed E-state index contributed by atoms with van der Waals surface area (Å²) in [5.74, 6) is 0.634. The normalized spacial score (nSPS) is 10.4. The first kappa shape index (κ1) is 16.7. The molecule has 0 saturated carbocycles. The molecule has 0 unspecified atom stereocenters. The van der Waals surface area contributed by atoms with Crippen LogP contribution in [0.1, 0.15) is 24.2 Å². The summed E-state index contributed by atoms with van der Waals surface area (Å²) in [6, 6.07) is 3.80. The summed E-state index contributed by atoms with van der Waals surface area (Å²) in [5.41, 5.74) is 6.15. The molecule has 0 aromatic heterocycles. The predicted octanol–water partition coefficient (Wildman–Crippen LogP) is 3.10. The highest BCUT2D eigenvalue weighted by molar-refractivity contribution is 14.1. The van der Waals surface area contributed by atoms with Gasteiger partial charge >= 0.3 is 0 Å². The number of hydrogen-bond donors (Lipinski definition) is 2. The van der Waals surface area contributed by atoms with Gasteiger partial charge in [-0.15, -0.1) is 0 Å². The van der Waals surface area contributed by atoms with Crippen molar-refractivity contribution in [3.63, 3.8) is 0 Å². The van der Waals surface area contributed by atoms with Crippen LogP contribution >= 0.6 is 45.2 Å². The zero-order valence-electron chi connectivity index (χ0n) is 10.8. The van der Waals surface area contributed by atoms with Crippen molar-refractivity contribution in [3.05, 3.63) is 37.5 Å². The lowest BCUT2D eigenvalue weighted by molar-refractivity contribution is 0.0927. The van der Waals surface area contributed by atoms with Crippen molar-refractivity contribution in [3.8, 4) is 5.75 Å². The minimum atomic E-state index is -0.153. The van der Waals surface area contributed by atoms with Crippen LogP contribution in [-0.2, 0) is 0 Å². The van der Waals surface area contributed by atoms with Gasteiger partial charge in [0.2, 0.25) is 0 Å². The second-order valence-electron chi connectivity index (χ2n) is 4.12. The third-order valence-electron chi connectivity index (χ3n) is 2.08. The largest absolute Gasteiger partial charge is 0.487 e. The number of benzene rings is 1. The van der Waals surface area contributed by atoms with E-state index in [1.165, 1.54) is 0 Å². The quantitative estimate of drug-likeness (QED) is 0.370. The van der Waals surface area contributed by atoms with Crippen LogP contribution in [0.4, 0.5) is 0 Å². The van der Waals surface area contributed by atoms with Crippen molar-refractivity contribution in [2.45, 2.75) is 19.9 Å². The van der Waals surface area contributed by atoms with Crippen molar-refractivity contribution >= 4 is 51.1 Å². The summed E-state index contributed by atoms with van der Waals surface area (Å²) in [7, 11) is 0. The van der Waals surface area contributed by atoms with Crippen LogP contribution in [0.3, 0.4) is 0 Å². The molecule has 2 N–H and O–H groups in total. The summed E-state index contributed by atoms with van der Waals surface area (Å²) in [5, 5.41) is 0. The molecule has 1 amide bonds. The predicted molar refractivity (Wildman–Crippen MR) is 93.3 cm³/mol. The van der Waals surface area contributed by atoms with Crippen LogP contribution in [0.25, 0.3) is 0 Å². The van der Waals surface area contributed by atoms with Crippen molar-refractivity contribution < 1.29 is 9.53 Å². The molecular weight excluding hydrogens is 470 g/mol. The second-order valence-corrected chi connectivity index (χ2v) is 6.45. The van der Waals surface area contributed by atoms with E-state index < -0.39 is 0 Å². The fraction of sp³-hybridized carbons (Fsp3) is 0.308. The van der Waals surface area contributed by atoms with Gasteiger partial charge in [-0.1, -0.05) is 12.7 Å². The number of rotatable bonds is 6. The monoisotopic (exact) mass is 486 g/mol. The molecule has 0 fully saturated rings. The third-order valence-corrected chi connectivity index (χ3v) is 3.68. The first-order chi connectivity index (χ1) is 8.95. The van der Waals surface area contributed by atoms with E-state index in [1.54, 1.807) is 18.2 Å². The lowest BCUT2D eigenvalue weighted by Gasteiger charge is -2.13. The Morgan fingerprint density at radius 1 is 1.42 bits per heavy atom. The molecule has 1 aromatic rings. The minimum Gasteiger partial charge on any atom is -0.487 e. The van der Waals surface area contributed by atoms with Crippen molar-refractivity contribution in [1.29, 1.82) is 0 Å². The second kappa shape index (κ2) is 8.05. The van der Waals surface area contributed by atoms with Gasteiger partial charge in [-0.3, -0.25) is 10.2 Å². The standard InChI is InChI=1S/C13H16I2N2O2/c1-4-5-19-12-10(14)6-9(7-11(12)15)13(18)17-16-8(2)3/h4,6-8,16H,1,5H2,2-3H3,(H,17,18). The Labute approximate surface area is 140 Å². The molecule has 0 atom stereocenters. The fourth-order valence-electron chi connectivity index (χ4n) is 1.25. The zero-order valence-corrected chi connectivity index (χ0v) is 15.1. The Balaban J connectivity index is 2.87. The van der Waals surface area contributed by atoms with Crippen LogP contribution in [0.2, 0.25) is 0 Å². The molecule has 0 radical (unpaired) electrons. The molecule has 1 aromatic carbocycles. The Morgan fingerprint density at radius 2 is 2.00 bits per heavy atom. The zero-order chi connectivity index (χ0) is 14.4. The number of carbonyl (C=O) groups excluding carboxylic acids is 1. The van der Waals surface area contributed by atoms with E-state index >= 15 is 0 Å². The molecule has 104 valence electrons. The Bertz CT molecular complexity index is 453. The number of hydrazine groups is 1. The smallest absolute Gasteiger partial charge is 0.265 e. The van der Waals surface area contributed by atoms with Crippen molar-refractivity contribution in [2.75, 3.05) is 6.61 Å². The molecule has 0 heterocycles. The van der Waals surface area contributed by atoms with Gasteiger partial charge < -0.3 is 4.74 Å². The van der Waals surface area contributed by atoms with Gasteiger partial charge in [0.25, 0.3) is 5.91 Å². The van der Waals surface area contributed by atoms with Crippen LogP contribution < -0.4 is 15.6 Å². The van der Waals surface area contributed by atoms with E-state index in [1.807, 2.05) is 13.8 Å². The lowest BCUT2D eigenvalue weighted by atomic mass is 10.2. The van der Waals surface area contributed by atoms with Gasteiger partial charge in [0.15, 0.2) is 0 Å². The van der Waals surface area contributed by atoms with Crippen LogP contribution in [-0.4, -0.2) is 18.6 Å². The molecule has 1 rings (SSSR count). The molecular formula is C13H16I2N2O2. The maximum Gasteiger partial charge on any atom is 0.265 e. The summed E-state index contributed by atoms with van der Waals surface area (Å²) in [6.07, 6.45) is 1.69. The average Bonchev–Trinajstić information content (AvgIpc) is 2.34. The molecule has 4 nitrogen and oxygen atoms in total. The summed E-state index contributed by atoms with van der Waals surface area (Å²) in [6.45, 7) is 7.99. The number of carbonyl (C=O) groups is 1. The fourth-order valence-corrected chi connectivity index (χ4v) is 3.33. The highest BCUT2D eigenvalue weighted by Crippen LogP contribution is 2.29. The van der Waals surface area contributed by atoms with E-state index in [0.717, 1.165) is 12.9 Å². The number of nitrogens with one attached hydrogen (secondary N) is 2. The lowest BCUT2D eigenvalue weighted by Crippen LogP contribution is -2.41. The third kappa shape index (κ3) is 5.27. The summed E-state index contributed by atoms with van der Waals surface area (Å²) in [4.78, 5) is 11.9. The molecule has 0 aliphatic carbocycles. The number of hydrogen-bond acceptors (Lipinski definition) is 3. The summed E-state index contributed by atoms with van der Waals surface area (Å²) < 4.78 is 7.38. The van der Waals surface area contributed by atoms with E-state index in [4.69, 9.17) is 4.74 Å². The van der Waals surface area contributed by atoms with E-state index in [9.17, 15) is 4.79 Å². The molecule has 0 saturated heterocycles. The molecule has 6 heteroatoms. The van der Waals surface area contributed by atoms with Crippen LogP contribution in [0.15, 0.2) is 24.8 Å². The number of halogens is 2. The Kier molecular flexibility index (Phi) is 7.08. The van der Waals surface area contributed by atoms with Gasteiger partial charge in [-0.05, 0) is 71.2 Å². The molecule has 0 aliphatic rings. The average molecular weight is 486 g/mol. The topological polar surface area (TPSA) is 50.4 Å². The highest BCUT2D eigenvalue weighted by Gasteiger charge is 2.13. The van der Waals surface area contributed by atoms with E-state index in [-0.39, 0.29) is 11.9 Å². The molecule has 19 heavy (non-hydrogen) atoms. The van der Waals surface area contributed by atoms with Crippen LogP contribution in [0, 0.1) is 7.14 Å². The van der Waals surface area contributed by atoms with Crippen molar-refractivity contribution in [1.82, 2.24) is 10.9 Å². The molecule has 0 spiro atoms. The first-order valence-corrected chi connectivity index (χ1v) is 7.90. The maximum absolute atomic E-state index is 11.9. The van der Waals surface area contributed by atoms with Gasteiger partial charge in [-0.25, -0.2) is 5.43 Å². The summed E-state index contributed by atoms with van der Waals surface area (Å²) >= 11 is 4.32.